The summed E-state index contributed by atoms with van der Waals surface area (Å²) in [7, 11) is -1.78. The number of rotatable bonds is 23. The number of benzene rings is 9. The van der Waals surface area contributed by atoms with E-state index in [9.17, 15) is 27.6 Å². The molecule has 12 aromatic rings. The fourth-order valence-electron chi connectivity index (χ4n) is 11.2. The van der Waals surface area contributed by atoms with Gasteiger partial charge in [-0.1, -0.05) is 91.0 Å². The van der Waals surface area contributed by atoms with E-state index >= 15 is 13.2 Å². The number of nitrogens with two attached hydrogens (primary N) is 3. The van der Waals surface area contributed by atoms with Crippen LogP contribution in [-0.2, 0) is 82.6 Å². The van der Waals surface area contributed by atoms with Crippen LogP contribution in [0, 0.1) is 55.7 Å². The Labute approximate surface area is 638 Å². The number of esters is 2. The summed E-state index contributed by atoms with van der Waals surface area (Å²) >= 11 is 3.39. The van der Waals surface area contributed by atoms with Crippen molar-refractivity contribution in [3.63, 3.8) is 0 Å². The van der Waals surface area contributed by atoms with Crippen molar-refractivity contribution in [2.45, 2.75) is 93.3 Å². The Morgan fingerprint density at radius 3 is 1.15 bits per heavy atom. The van der Waals surface area contributed by atoms with Gasteiger partial charge in [0.25, 0.3) is 0 Å². The van der Waals surface area contributed by atoms with Crippen molar-refractivity contribution in [3.05, 3.63) is 271 Å². The standard InChI is InChI=1S/C27H25F2NO4.C25H21F2NO4.C20H18BrFO4.C7H9BFNO2.ClH.Li.H2O/c1-3-32-24(31)13-17-8-7-16(2)11-23(17)34-15-19-12-22(27-21(26(19)29)9-10-33-27)20-6-4-5-18(14-30)25(20)28;1-14-5-6-15(11-22(29)30)21(9-14)32-13-17-10-20(25-19(24(17)27)7-8-31-25)18-4-2-3-16(12-28)23(18)26;1-3-24-18(23)10-13-5-4-12(2)8-17(13)26-11-14-9-16(21)20-15(19(14)22)6-7-25-20;9-7-5(4-10)2-1-3-6(7)8(11)12;;;/h4-12H,3,13-15,30H2,1-2H3;2-10H,11-13,28H2,1H3,(H,29,30);4-9H,3,10-11H2,1-2H3;1-3,11-12H,4,10H2;1H;;1H2/q;;;;;+1;/p-1. The molecule has 28 heteroatoms. The first-order valence-corrected chi connectivity index (χ1v) is 33.5. The number of hydrogen-bond acceptors (Lipinski definition) is 17. The van der Waals surface area contributed by atoms with Crippen LogP contribution in [0.15, 0.2) is 182 Å². The summed E-state index contributed by atoms with van der Waals surface area (Å²) in [6, 6.07) is 39.5. The number of aliphatic carboxylic acids is 1. The van der Waals surface area contributed by atoms with Crippen LogP contribution in [0.1, 0.15) is 80.6 Å². The zero-order valence-corrected chi connectivity index (χ0v) is 61.4. The van der Waals surface area contributed by atoms with Crippen molar-refractivity contribution in [2.24, 2.45) is 17.2 Å². The van der Waals surface area contributed by atoms with E-state index in [2.05, 4.69) is 15.9 Å². The molecule has 12 rings (SSSR count). The molecule has 0 saturated heterocycles. The number of fused-ring (bicyclic) bond motifs is 3. The van der Waals surface area contributed by atoms with Gasteiger partial charge < -0.3 is 74.8 Å². The van der Waals surface area contributed by atoms with Crippen LogP contribution >= 0.6 is 28.3 Å². The van der Waals surface area contributed by atoms with Gasteiger partial charge in [0.1, 0.15) is 83.1 Å². The molecule has 3 aromatic heterocycles. The zero-order valence-electron chi connectivity index (χ0n) is 59.0. The monoisotopic (exact) mass is 1550 g/mol. The van der Waals surface area contributed by atoms with Gasteiger partial charge in [0.15, 0.2) is 5.58 Å². The van der Waals surface area contributed by atoms with Crippen LogP contribution in [0.4, 0.5) is 26.3 Å². The van der Waals surface area contributed by atoms with Crippen molar-refractivity contribution in [1.29, 1.82) is 0 Å². The number of carboxylic acid groups (broad SMARTS) is 1. The molecule has 107 heavy (non-hydrogen) atoms. The summed E-state index contributed by atoms with van der Waals surface area (Å²) in [4.78, 5) is 34.9. The predicted molar refractivity (Wildman–Crippen MR) is 395 cm³/mol. The molecule has 0 bridgehead atoms. The minimum absolute atomic E-state index is 0. The molecule has 0 amide bonds. The number of carbonyl (C=O) groups excluding carboxylic acids is 2. The first-order chi connectivity index (χ1) is 50.0. The van der Waals surface area contributed by atoms with Crippen molar-refractivity contribution >= 4 is 91.7 Å². The van der Waals surface area contributed by atoms with Gasteiger partial charge in [0.2, 0.25) is 0 Å². The van der Waals surface area contributed by atoms with Gasteiger partial charge >= 0.3 is 43.9 Å². The normalized spacial score (nSPS) is 10.6. The summed E-state index contributed by atoms with van der Waals surface area (Å²) in [6.45, 7) is 9.61. The molecule has 0 atom stereocenters. The molecule has 0 radical (unpaired) electrons. The van der Waals surface area contributed by atoms with Gasteiger partial charge in [-0.3, -0.25) is 14.4 Å². The number of carboxylic acids is 1. The van der Waals surface area contributed by atoms with Crippen molar-refractivity contribution in [1.82, 2.24) is 0 Å². The second kappa shape index (κ2) is 40.2. The molecular weight excluding hydrogens is 1480 g/mol. The Kier molecular flexibility index (Phi) is 32.4. The summed E-state index contributed by atoms with van der Waals surface area (Å²) in [5.74, 6) is -3.38. The summed E-state index contributed by atoms with van der Waals surface area (Å²) in [6.07, 6.45) is 4.08. The van der Waals surface area contributed by atoms with E-state index in [-0.39, 0.29) is 175 Å². The van der Waals surface area contributed by atoms with E-state index in [0.29, 0.717) is 83.8 Å². The topological polar surface area (TPSA) is 306 Å². The second-order valence-corrected chi connectivity index (χ2v) is 24.6. The fraction of sp³-hybridized carbons (Fsp3) is 0.203. The molecule has 3 heterocycles. The molecular formula is C79H75BBrClF6LiN3O15. The maximum absolute atomic E-state index is 15.3. The van der Waals surface area contributed by atoms with Crippen LogP contribution in [0.5, 0.6) is 17.2 Å². The van der Waals surface area contributed by atoms with Crippen LogP contribution in [0.2, 0.25) is 0 Å². The van der Waals surface area contributed by atoms with Crippen molar-refractivity contribution in [3.8, 4) is 39.5 Å². The second-order valence-electron chi connectivity index (χ2n) is 23.7. The maximum atomic E-state index is 15.3. The van der Waals surface area contributed by atoms with Crippen LogP contribution in [0.3, 0.4) is 0 Å². The van der Waals surface area contributed by atoms with Gasteiger partial charge in [0, 0.05) is 97.4 Å². The number of hydrogen-bond donors (Lipinski definition) is 6. The Morgan fingerprint density at radius 2 is 0.785 bits per heavy atom. The molecule has 556 valence electrons. The minimum Gasteiger partial charge on any atom is -0.870 e. The number of furan rings is 3. The smallest absolute Gasteiger partial charge is 0.870 e. The largest absolute Gasteiger partial charge is 1.00 e. The number of ether oxygens (including phenoxy) is 5. The molecule has 0 aliphatic rings. The van der Waals surface area contributed by atoms with Crippen molar-refractivity contribution < 1.29 is 117 Å². The molecule has 0 fully saturated rings. The molecule has 9 aromatic carbocycles. The molecule has 0 aliphatic heterocycles. The number of aryl methyl sites for hydroxylation is 3. The summed E-state index contributed by atoms with van der Waals surface area (Å²) in [5.41, 5.74) is 25.0. The Bertz CT molecular complexity index is 5080. The van der Waals surface area contributed by atoms with E-state index in [1.165, 1.54) is 61.3 Å². The third-order valence-corrected chi connectivity index (χ3v) is 17.0. The van der Waals surface area contributed by atoms with Crippen LogP contribution < -0.4 is 55.7 Å². The average molecular weight is 1550 g/mol. The van der Waals surface area contributed by atoms with Gasteiger partial charge in [-0.05, 0) is 122 Å². The SMILES string of the molecule is CCOC(=O)Cc1ccc(C)cc1OCc1cc(-c2cccc(CN)c2F)c2occc2c1F.CCOC(=O)Cc1ccc(C)cc1OCc1cc(Br)c2occc2c1F.Cc1ccc(CC(=O)O)c(OCc2cc(-c3cccc(CN)c3F)c3occc3c2F)c1.Cl.NCc1cccc(B(O)O)c1F.[Li+].[OH-]. The quantitative estimate of drug-likeness (QED) is 0.0197. The van der Waals surface area contributed by atoms with Gasteiger partial charge in [-0.2, -0.15) is 0 Å². The third kappa shape index (κ3) is 21.3. The van der Waals surface area contributed by atoms with E-state index in [0.717, 1.165) is 16.7 Å². The fourth-order valence-corrected chi connectivity index (χ4v) is 11.8. The van der Waals surface area contributed by atoms with Gasteiger partial charge in [0.05, 0.1) is 71.9 Å². The third-order valence-electron chi connectivity index (χ3n) is 16.4. The summed E-state index contributed by atoms with van der Waals surface area (Å²) < 4.78 is 133. The molecule has 0 aliphatic carbocycles. The van der Waals surface area contributed by atoms with E-state index in [1.54, 1.807) is 92.7 Å². The minimum atomic E-state index is -1.78. The van der Waals surface area contributed by atoms with E-state index in [4.69, 9.17) is 69.3 Å². The predicted octanol–water partition coefficient (Wildman–Crippen LogP) is 12.7. The van der Waals surface area contributed by atoms with Gasteiger partial charge in [-0.15, -0.1) is 12.4 Å². The van der Waals surface area contributed by atoms with Crippen LogP contribution in [0.25, 0.3) is 55.2 Å². The van der Waals surface area contributed by atoms with E-state index in [1.807, 2.05) is 45.0 Å². The van der Waals surface area contributed by atoms with Crippen molar-refractivity contribution in [2.75, 3.05) is 13.2 Å². The Hall–Kier alpha value is -9.82. The number of carbonyl (C=O) groups is 3. The van der Waals surface area contributed by atoms with Gasteiger partial charge in [-0.25, -0.2) is 26.3 Å². The molecule has 0 saturated carbocycles. The zero-order chi connectivity index (χ0) is 74.9. The average Bonchev–Trinajstić information content (AvgIpc) is 1.74. The van der Waals surface area contributed by atoms with E-state index < -0.39 is 42.2 Å². The first-order valence-electron chi connectivity index (χ1n) is 32.7. The molecule has 18 nitrogen and oxygen atoms in total. The number of halogens is 8. The Morgan fingerprint density at radius 1 is 0.439 bits per heavy atom. The Balaban J connectivity index is 0.000000231. The molecule has 0 unspecified atom stereocenters. The molecule has 0 spiro atoms. The summed E-state index contributed by atoms with van der Waals surface area (Å²) in [5, 5.41) is 27.4. The maximum Gasteiger partial charge on any atom is 1.00 e. The molecule has 10 N–H and O–H groups in total. The first kappa shape index (κ1) is 86.1. The van der Waals surface area contributed by atoms with Crippen LogP contribution in [-0.4, -0.2) is 58.9 Å².